The highest BCUT2D eigenvalue weighted by Crippen LogP contribution is 2.57. The van der Waals surface area contributed by atoms with E-state index in [1.54, 1.807) is 11.3 Å². The summed E-state index contributed by atoms with van der Waals surface area (Å²) in [7, 11) is 0. The van der Waals surface area contributed by atoms with Crippen molar-refractivity contribution in [1.82, 2.24) is 15.5 Å². The zero-order valence-corrected chi connectivity index (χ0v) is 18.1. The molecule has 0 spiro atoms. The molecule has 5 aliphatic rings. The molecule has 0 radical (unpaired) electrons. The van der Waals surface area contributed by atoms with E-state index in [0.29, 0.717) is 35.5 Å². The maximum absolute atomic E-state index is 13.8. The molecular formula is C24H25N3O3S. The Labute approximate surface area is 184 Å². The molecule has 0 aromatic carbocycles. The third-order valence-electron chi connectivity index (χ3n) is 7.86. The van der Waals surface area contributed by atoms with Gasteiger partial charge in [0.25, 0.3) is 11.6 Å². The first kappa shape index (κ1) is 18.3. The van der Waals surface area contributed by atoms with Crippen LogP contribution in [0.4, 0.5) is 0 Å². The molecule has 5 aliphatic carbocycles. The van der Waals surface area contributed by atoms with Crippen LogP contribution >= 0.6 is 11.3 Å². The van der Waals surface area contributed by atoms with Gasteiger partial charge in [0, 0.05) is 11.5 Å². The van der Waals surface area contributed by atoms with Crippen LogP contribution in [0.15, 0.2) is 28.1 Å². The summed E-state index contributed by atoms with van der Waals surface area (Å²) in [4.78, 5) is 19.5. The van der Waals surface area contributed by atoms with Crippen molar-refractivity contribution >= 4 is 28.3 Å². The molecule has 7 heteroatoms. The number of hydrogen-bond acceptors (Lipinski definition) is 6. The van der Waals surface area contributed by atoms with Crippen molar-refractivity contribution in [1.29, 1.82) is 0 Å². The van der Waals surface area contributed by atoms with Crippen molar-refractivity contribution in [3.63, 3.8) is 0 Å². The minimum Gasteiger partial charge on any atom is -0.390 e. The lowest BCUT2D eigenvalue weighted by Gasteiger charge is -2.60. The Morgan fingerprint density at radius 3 is 2.71 bits per heavy atom. The number of aliphatic hydroxyl groups is 1. The second-order valence-electron chi connectivity index (χ2n) is 10.5. The van der Waals surface area contributed by atoms with Gasteiger partial charge in [0.05, 0.1) is 32.8 Å². The summed E-state index contributed by atoms with van der Waals surface area (Å²) in [6, 6.07) is 5.90. The second kappa shape index (κ2) is 6.17. The van der Waals surface area contributed by atoms with Gasteiger partial charge >= 0.3 is 0 Å². The van der Waals surface area contributed by atoms with E-state index in [-0.39, 0.29) is 11.4 Å². The zero-order chi connectivity index (χ0) is 20.8. The molecule has 1 amide bonds. The predicted molar refractivity (Wildman–Crippen MR) is 117 cm³/mol. The number of amides is 1. The van der Waals surface area contributed by atoms with Gasteiger partial charge in [0.1, 0.15) is 0 Å². The first-order chi connectivity index (χ1) is 15.0. The first-order valence-corrected chi connectivity index (χ1v) is 12.3. The monoisotopic (exact) mass is 435 g/mol. The fourth-order valence-electron chi connectivity index (χ4n) is 7.01. The van der Waals surface area contributed by atoms with E-state index >= 15 is 0 Å². The molecule has 2 unspecified atom stereocenters. The quantitative estimate of drug-likeness (QED) is 0.623. The van der Waals surface area contributed by atoms with Gasteiger partial charge in [-0.05, 0) is 80.7 Å². The molecule has 3 heterocycles. The van der Waals surface area contributed by atoms with Gasteiger partial charge in [-0.3, -0.25) is 4.79 Å². The fraction of sp³-hybridized carbons (Fsp3) is 0.542. The third kappa shape index (κ3) is 2.89. The van der Waals surface area contributed by atoms with E-state index in [1.165, 1.54) is 6.42 Å². The number of nitrogens with one attached hydrogen (secondary N) is 1. The Balaban J connectivity index is 1.31. The van der Waals surface area contributed by atoms with Crippen LogP contribution in [0.2, 0.25) is 0 Å². The van der Waals surface area contributed by atoms with Gasteiger partial charge in [-0.2, -0.15) is 0 Å². The van der Waals surface area contributed by atoms with Crippen LogP contribution in [0.3, 0.4) is 0 Å². The van der Waals surface area contributed by atoms with Crippen LogP contribution in [-0.2, 0) is 0 Å². The SMILES string of the molecule is O=C(NC12CC3CC(CC(O)(C3)C1)C2)c1cc(-c2cccs2)nc2onc(C3CC3)c12. The van der Waals surface area contributed by atoms with Crippen molar-refractivity contribution in [3.8, 4) is 10.6 Å². The molecule has 6 nitrogen and oxygen atoms in total. The molecule has 0 aliphatic heterocycles. The topological polar surface area (TPSA) is 88.2 Å². The molecule has 5 saturated carbocycles. The lowest BCUT2D eigenvalue weighted by molar-refractivity contribution is -0.139. The third-order valence-corrected chi connectivity index (χ3v) is 8.76. The molecule has 2 N–H and O–H groups in total. The Kier molecular flexibility index (Phi) is 3.65. The van der Waals surface area contributed by atoms with E-state index in [4.69, 9.17) is 9.51 Å². The summed E-state index contributed by atoms with van der Waals surface area (Å²) in [5.41, 5.74) is 1.76. The number of carbonyl (C=O) groups is 1. The summed E-state index contributed by atoms with van der Waals surface area (Å²) in [6.07, 6.45) is 7.75. The Bertz CT molecular complexity index is 1180. The Morgan fingerprint density at radius 2 is 2.03 bits per heavy atom. The van der Waals surface area contributed by atoms with E-state index in [0.717, 1.165) is 60.2 Å². The average Bonchev–Trinajstić information content (AvgIpc) is 3.22. The summed E-state index contributed by atoms with van der Waals surface area (Å²) >= 11 is 1.60. The molecule has 3 aromatic rings. The Hall–Kier alpha value is -2.25. The largest absolute Gasteiger partial charge is 0.390 e. The maximum Gasteiger partial charge on any atom is 0.259 e. The van der Waals surface area contributed by atoms with Gasteiger partial charge in [-0.15, -0.1) is 11.3 Å². The van der Waals surface area contributed by atoms with E-state index in [2.05, 4.69) is 10.5 Å². The highest BCUT2D eigenvalue weighted by molar-refractivity contribution is 7.13. The highest BCUT2D eigenvalue weighted by Gasteiger charge is 2.57. The number of fused-ring (bicyclic) bond motifs is 1. The number of hydrogen-bond donors (Lipinski definition) is 2. The van der Waals surface area contributed by atoms with Crippen LogP contribution in [-0.4, -0.2) is 32.3 Å². The minimum atomic E-state index is -0.608. The van der Waals surface area contributed by atoms with Crippen LogP contribution < -0.4 is 5.32 Å². The van der Waals surface area contributed by atoms with Crippen LogP contribution in [0.25, 0.3) is 21.7 Å². The van der Waals surface area contributed by atoms with Crippen molar-refractivity contribution in [3.05, 3.63) is 34.8 Å². The zero-order valence-electron chi connectivity index (χ0n) is 17.3. The average molecular weight is 436 g/mol. The fourth-order valence-corrected chi connectivity index (χ4v) is 7.69. The molecular weight excluding hydrogens is 410 g/mol. The predicted octanol–water partition coefficient (Wildman–Crippen LogP) is 4.64. The number of rotatable bonds is 4. The van der Waals surface area contributed by atoms with Crippen LogP contribution in [0.5, 0.6) is 0 Å². The molecule has 3 aromatic heterocycles. The lowest BCUT2D eigenvalue weighted by atomic mass is 9.51. The smallest absolute Gasteiger partial charge is 0.259 e. The molecule has 2 atom stereocenters. The van der Waals surface area contributed by atoms with Crippen molar-refractivity contribution in [2.24, 2.45) is 11.8 Å². The molecule has 5 fully saturated rings. The standard InChI is InChI=1S/C24H25N3O3S/c28-21(26-23-8-13-6-14(9-23)11-24(29,10-13)12-23)16-7-17(18-2-1-5-31-18)25-22-19(16)20(27-30-22)15-3-4-15/h1-2,5,7,13-15,29H,3-4,6,8-12H2,(H,26,28). The van der Waals surface area contributed by atoms with Gasteiger partial charge in [0.2, 0.25) is 0 Å². The second-order valence-corrected chi connectivity index (χ2v) is 11.4. The number of carbonyl (C=O) groups excluding carboxylic acids is 1. The number of aromatic nitrogens is 2. The first-order valence-electron chi connectivity index (χ1n) is 11.4. The van der Waals surface area contributed by atoms with Gasteiger partial charge < -0.3 is 14.9 Å². The Morgan fingerprint density at radius 1 is 1.23 bits per heavy atom. The van der Waals surface area contributed by atoms with Gasteiger partial charge in [-0.1, -0.05) is 11.2 Å². The molecule has 31 heavy (non-hydrogen) atoms. The molecule has 0 saturated heterocycles. The van der Waals surface area contributed by atoms with Gasteiger partial charge in [-0.25, -0.2) is 4.98 Å². The normalized spacial score (nSPS) is 33.8. The molecule has 4 bridgehead atoms. The number of pyridine rings is 1. The molecule has 160 valence electrons. The van der Waals surface area contributed by atoms with Crippen molar-refractivity contribution in [2.45, 2.75) is 68.4 Å². The summed E-state index contributed by atoms with van der Waals surface area (Å²) in [6.45, 7) is 0. The van der Waals surface area contributed by atoms with Crippen LogP contribution in [0, 0.1) is 11.8 Å². The highest BCUT2D eigenvalue weighted by atomic mass is 32.1. The van der Waals surface area contributed by atoms with E-state index < -0.39 is 5.60 Å². The maximum atomic E-state index is 13.8. The number of nitrogens with zero attached hydrogens (tertiary/aromatic N) is 2. The van der Waals surface area contributed by atoms with Gasteiger partial charge in [0.15, 0.2) is 0 Å². The lowest BCUT2D eigenvalue weighted by Crippen LogP contribution is -2.65. The van der Waals surface area contributed by atoms with Crippen molar-refractivity contribution in [2.75, 3.05) is 0 Å². The molecule has 8 rings (SSSR count). The van der Waals surface area contributed by atoms with E-state index in [9.17, 15) is 9.90 Å². The van der Waals surface area contributed by atoms with Crippen molar-refractivity contribution < 1.29 is 14.4 Å². The summed E-state index contributed by atoms with van der Waals surface area (Å²) in [5.74, 6) is 1.31. The minimum absolute atomic E-state index is 0.0825. The summed E-state index contributed by atoms with van der Waals surface area (Å²) < 4.78 is 5.61. The van der Waals surface area contributed by atoms with Crippen LogP contribution in [0.1, 0.15) is 73.3 Å². The van der Waals surface area contributed by atoms with E-state index in [1.807, 2.05) is 23.6 Å². The summed E-state index contributed by atoms with van der Waals surface area (Å²) in [5, 5.41) is 21.6. The number of thiophene rings is 1.